The Labute approximate surface area is 149 Å². The third-order valence-electron chi connectivity index (χ3n) is 3.96. The molecule has 0 radical (unpaired) electrons. The average Bonchev–Trinajstić information content (AvgIpc) is 2.83. The van der Waals surface area contributed by atoms with Crippen molar-refractivity contribution < 1.29 is 56.5 Å². The molecule has 0 spiro atoms. The van der Waals surface area contributed by atoms with Gasteiger partial charge in [-0.05, 0) is 13.3 Å². The summed E-state index contributed by atoms with van der Waals surface area (Å²) in [6.07, 6.45) is 5.36. The van der Waals surface area contributed by atoms with Crippen molar-refractivity contribution in [3.63, 3.8) is 0 Å². The molecule has 1 heterocycles. The Balaban J connectivity index is 0.00000400. The number of nitrogens with zero attached hydrogens (tertiary/aromatic N) is 1. The van der Waals surface area contributed by atoms with Crippen LogP contribution in [-0.2, 0) is 19.6 Å². The fourth-order valence-electron chi connectivity index (χ4n) is 2.72. The standard InChI is InChI=1S/C13H25NO5S.Na/c1-3-5-6-7-8-9-12(15)14(4-2)10-11-19-13(14)20(16,17)18;/h13H,3-11H2,1-2H3;/q;+1. The number of carbonyl (C=O) groups is 1. The van der Waals surface area contributed by atoms with Crippen molar-refractivity contribution in [3.05, 3.63) is 0 Å². The molecule has 0 aromatic heterocycles. The molecule has 0 bridgehead atoms. The first kappa shape index (κ1) is 21.5. The van der Waals surface area contributed by atoms with Gasteiger partial charge >= 0.3 is 35.5 Å². The Morgan fingerprint density at radius 2 is 1.86 bits per heavy atom. The van der Waals surface area contributed by atoms with Gasteiger partial charge in [0, 0.05) is 0 Å². The van der Waals surface area contributed by atoms with Crippen LogP contribution in [0.1, 0.15) is 52.4 Å². The number of carbonyl (C=O) groups excluding carboxylic acids is 1. The smallest absolute Gasteiger partial charge is 0.741 e. The number of unbranched alkanes of at least 4 members (excludes halogenated alkanes) is 4. The molecule has 0 N–H and O–H groups in total. The quantitative estimate of drug-likeness (QED) is 0.236. The van der Waals surface area contributed by atoms with Crippen molar-refractivity contribution in [2.75, 3.05) is 19.7 Å². The number of hydrogen-bond acceptors (Lipinski definition) is 5. The van der Waals surface area contributed by atoms with Crippen LogP contribution in [0.4, 0.5) is 0 Å². The van der Waals surface area contributed by atoms with Crippen molar-refractivity contribution in [3.8, 4) is 0 Å². The normalized spacial score (nSPS) is 25.6. The first-order valence-corrected chi connectivity index (χ1v) is 8.82. The topological polar surface area (TPSA) is 83.5 Å². The third-order valence-corrected chi connectivity index (χ3v) is 4.99. The van der Waals surface area contributed by atoms with Crippen LogP contribution in [0.2, 0.25) is 0 Å². The van der Waals surface area contributed by atoms with E-state index in [1.807, 2.05) is 0 Å². The van der Waals surface area contributed by atoms with Gasteiger partial charge in [-0.3, -0.25) is 0 Å². The molecule has 1 aliphatic rings. The van der Waals surface area contributed by atoms with Crippen LogP contribution >= 0.6 is 0 Å². The Kier molecular flexibility index (Phi) is 9.83. The van der Waals surface area contributed by atoms with E-state index in [0.717, 1.165) is 32.1 Å². The summed E-state index contributed by atoms with van der Waals surface area (Å²) in [5.41, 5.74) is -1.56. The van der Waals surface area contributed by atoms with Gasteiger partial charge in [-0.15, -0.1) is 0 Å². The van der Waals surface area contributed by atoms with Crippen molar-refractivity contribution in [1.82, 2.24) is 0 Å². The molecule has 8 heteroatoms. The molecule has 0 aliphatic carbocycles. The van der Waals surface area contributed by atoms with Crippen LogP contribution in [0.25, 0.3) is 0 Å². The van der Waals surface area contributed by atoms with Gasteiger partial charge in [0.1, 0.15) is 13.2 Å². The maximum absolute atomic E-state index is 12.4. The summed E-state index contributed by atoms with van der Waals surface area (Å²) in [5.74, 6) is -0.189. The molecule has 2 unspecified atom stereocenters. The molecule has 1 fully saturated rings. The first-order valence-electron chi connectivity index (χ1n) is 7.35. The second kappa shape index (κ2) is 9.60. The zero-order valence-corrected chi connectivity index (χ0v) is 16.2. The van der Waals surface area contributed by atoms with E-state index in [9.17, 15) is 17.8 Å². The molecule has 0 saturated carbocycles. The minimum Gasteiger partial charge on any atom is -0.741 e. The number of hydrogen-bond donors (Lipinski definition) is 0. The number of quaternary nitrogens is 1. The van der Waals surface area contributed by atoms with Gasteiger partial charge in [-0.2, -0.15) is 0 Å². The Bertz CT molecular complexity index is 428. The van der Waals surface area contributed by atoms with Gasteiger partial charge in [0.15, 0.2) is 10.1 Å². The van der Waals surface area contributed by atoms with Crippen LogP contribution in [0.15, 0.2) is 0 Å². The van der Waals surface area contributed by atoms with Gasteiger partial charge in [0.25, 0.3) is 5.56 Å². The number of ether oxygens (including phenoxy) is 1. The SMILES string of the molecule is CCCCCCCC(=O)[N+]1(CC)CCOC1S(=O)(=O)[O-].[Na+]. The molecule has 118 valence electrons. The van der Waals surface area contributed by atoms with E-state index >= 15 is 0 Å². The Morgan fingerprint density at radius 1 is 1.24 bits per heavy atom. The Morgan fingerprint density at radius 3 is 2.38 bits per heavy atom. The monoisotopic (exact) mass is 330 g/mol. The molecule has 6 nitrogen and oxygen atoms in total. The van der Waals surface area contributed by atoms with Crippen LogP contribution in [-0.4, -0.2) is 48.6 Å². The van der Waals surface area contributed by atoms with Gasteiger partial charge < -0.3 is 9.29 Å². The molecular weight excluding hydrogens is 305 g/mol. The average molecular weight is 330 g/mol. The van der Waals surface area contributed by atoms with E-state index in [4.69, 9.17) is 4.74 Å². The summed E-state index contributed by atoms with van der Waals surface area (Å²) >= 11 is 0. The minimum atomic E-state index is -4.63. The van der Waals surface area contributed by atoms with Gasteiger partial charge in [-0.25, -0.2) is 17.7 Å². The molecular formula is C13H25NNaO5S+. The minimum absolute atomic E-state index is 0. The van der Waals surface area contributed by atoms with Crippen LogP contribution in [0.5, 0.6) is 0 Å². The predicted octanol–water partition coefficient (Wildman–Crippen LogP) is -1.43. The van der Waals surface area contributed by atoms with Crippen LogP contribution in [0.3, 0.4) is 0 Å². The third kappa shape index (κ3) is 5.57. The summed E-state index contributed by atoms with van der Waals surface area (Å²) in [6.45, 7) is 4.54. The summed E-state index contributed by atoms with van der Waals surface area (Å²) in [7, 11) is -4.63. The van der Waals surface area contributed by atoms with Crippen molar-refractivity contribution in [1.29, 1.82) is 0 Å². The fourth-order valence-corrected chi connectivity index (χ4v) is 3.85. The van der Waals surface area contributed by atoms with Crippen molar-refractivity contribution in [2.45, 2.75) is 57.9 Å². The molecule has 1 aliphatic heterocycles. The van der Waals surface area contributed by atoms with Gasteiger partial charge in [0.2, 0.25) is 0 Å². The second-order valence-electron chi connectivity index (χ2n) is 5.30. The van der Waals surface area contributed by atoms with E-state index in [1.54, 1.807) is 6.92 Å². The van der Waals surface area contributed by atoms with Crippen LogP contribution in [0, 0.1) is 0 Å². The molecule has 0 aromatic rings. The molecule has 1 rings (SSSR count). The van der Waals surface area contributed by atoms with E-state index in [1.165, 1.54) is 0 Å². The zero-order valence-electron chi connectivity index (χ0n) is 13.3. The van der Waals surface area contributed by atoms with E-state index in [0.29, 0.717) is 6.42 Å². The first-order chi connectivity index (χ1) is 9.38. The maximum Gasteiger partial charge on any atom is 1.00 e. The van der Waals surface area contributed by atoms with Gasteiger partial charge in [-0.1, -0.05) is 32.6 Å². The number of likely N-dealkylation sites (N-methyl/N-ethyl adjacent to an activating group) is 1. The van der Waals surface area contributed by atoms with E-state index in [-0.39, 0.29) is 59.6 Å². The molecule has 2 atom stereocenters. The van der Waals surface area contributed by atoms with E-state index < -0.39 is 15.7 Å². The zero-order chi connectivity index (χ0) is 15.2. The Hall–Kier alpha value is 0.500. The summed E-state index contributed by atoms with van der Waals surface area (Å²) < 4.78 is 38.5. The van der Waals surface area contributed by atoms with E-state index in [2.05, 4.69) is 6.92 Å². The molecule has 0 aromatic carbocycles. The molecule has 1 saturated heterocycles. The molecule has 21 heavy (non-hydrogen) atoms. The summed E-state index contributed by atoms with van der Waals surface area (Å²) in [6, 6.07) is 0. The maximum atomic E-state index is 12.4. The fraction of sp³-hybridized carbons (Fsp3) is 0.923. The predicted molar refractivity (Wildman–Crippen MR) is 73.5 cm³/mol. The second-order valence-corrected chi connectivity index (χ2v) is 6.69. The molecule has 1 amide bonds. The summed E-state index contributed by atoms with van der Waals surface area (Å²) in [5, 5.41) is 0. The van der Waals surface area contributed by atoms with Crippen LogP contribution < -0.4 is 29.6 Å². The van der Waals surface area contributed by atoms with Crippen molar-refractivity contribution in [2.24, 2.45) is 0 Å². The van der Waals surface area contributed by atoms with Crippen molar-refractivity contribution >= 4 is 16.0 Å². The summed E-state index contributed by atoms with van der Waals surface area (Å²) in [4.78, 5) is 12.4. The largest absolute Gasteiger partial charge is 1.00 e. The number of rotatable bonds is 8. The number of amides is 1. The van der Waals surface area contributed by atoms with Gasteiger partial charge in [0.05, 0.1) is 13.0 Å².